The van der Waals surface area contributed by atoms with Crippen LogP contribution in [-0.4, -0.2) is 38.6 Å². The molecule has 2 aromatic rings. The molecule has 1 saturated heterocycles. The Labute approximate surface area is 127 Å². The van der Waals surface area contributed by atoms with Crippen molar-refractivity contribution >= 4 is 16.8 Å². The number of hydrogen-bond donors (Lipinski definition) is 1. The summed E-state index contributed by atoms with van der Waals surface area (Å²) >= 11 is 0. The van der Waals surface area contributed by atoms with Crippen LogP contribution in [0.1, 0.15) is 32.1 Å². The predicted octanol–water partition coefficient (Wildman–Crippen LogP) is 2.47. The molecule has 1 aliphatic heterocycles. The molecule has 2 atom stereocenters. The number of likely N-dealkylation sites (tertiary alicyclic amines) is 1. The number of nitro benzene ring substituents is 1. The number of piperidine rings is 1. The Morgan fingerprint density at radius 1 is 1.55 bits per heavy atom. The second-order valence-electron chi connectivity index (χ2n) is 5.79. The molecule has 1 N–H and O–H groups in total. The van der Waals surface area contributed by atoms with Gasteiger partial charge in [-0.3, -0.25) is 15.0 Å². The number of aliphatic hydroxyl groups is 1. The lowest BCUT2D eigenvalue weighted by Crippen LogP contribution is -2.45. The van der Waals surface area contributed by atoms with Crippen LogP contribution in [0.5, 0.6) is 0 Å². The number of non-ortho nitro benzene ring substituents is 1. The molecule has 3 rings (SSSR count). The van der Waals surface area contributed by atoms with Crippen LogP contribution in [0, 0.1) is 10.1 Å². The van der Waals surface area contributed by atoms with Gasteiger partial charge in [-0.25, -0.2) is 4.98 Å². The Hall–Kier alpha value is -1.99. The zero-order valence-electron chi connectivity index (χ0n) is 12.4. The van der Waals surface area contributed by atoms with E-state index in [0.29, 0.717) is 23.5 Å². The first-order chi connectivity index (χ1) is 10.5. The van der Waals surface area contributed by atoms with Gasteiger partial charge in [0.2, 0.25) is 5.89 Å². The van der Waals surface area contributed by atoms with Crippen molar-refractivity contribution < 1.29 is 14.4 Å². The van der Waals surface area contributed by atoms with Crippen molar-refractivity contribution in [2.75, 3.05) is 6.54 Å². The molecule has 0 aliphatic carbocycles. The fourth-order valence-electron chi connectivity index (χ4n) is 3.08. The second-order valence-corrected chi connectivity index (χ2v) is 5.79. The fraction of sp³-hybridized carbons (Fsp3) is 0.533. The van der Waals surface area contributed by atoms with Gasteiger partial charge in [-0.1, -0.05) is 6.42 Å². The van der Waals surface area contributed by atoms with Crippen molar-refractivity contribution in [3.63, 3.8) is 0 Å². The maximum Gasteiger partial charge on any atom is 0.271 e. The standard InChI is InChI=1S/C15H19N3O4/c1-10(19)13-4-2-3-7-17(13)9-15-16-12-8-11(18(20)21)5-6-14(12)22-15/h5-6,8,10,13,19H,2-4,7,9H2,1H3. The summed E-state index contributed by atoms with van der Waals surface area (Å²) in [5, 5.41) is 20.7. The van der Waals surface area contributed by atoms with E-state index in [1.165, 1.54) is 12.1 Å². The van der Waals surface area contributed by atoms with Crippen LogP contribution in [-0.2, 0) is 6.54 Å². The third-order valence-corrected chi connectivity index (χ3v) is 4.19. The van der Waals surface area contributed by atoms with E-state index in [4.69, 9.17) is 4.42 Å². The van der Waals surface area contributed by atoms with Gasteiger partial charge in [0.1, 0.15) is 5.52 Å². The Kier molecular flexibility index (Phi) is 4.08. The number of aliphatic hydroxyl groups excluding tert-OH is 1. The van der Waals surface area contributed by atoms with E-state index in [1.54, 1.807) is 13.0 Å². The van der Waals surface area contributed by atoms with E-state index in [2.05, 4.69) is 9.88 Å². The van der Waals surface area contributed by atoms with Crippen molar-refractivity contribution in [2.45, 2.75) is 44.9 Å². The highest BCUT2D eigenvalue weighted by Crippen LogP contribution is 2.25. The molecule has 118 valence electrons. The third kappa shape index (κ3) is 2.95. The first kappa shape index (κ1) is 14.9. The number of oxazole rings is 1. The van der Waals surface area contributed by atoms with E-state index >= 15 is 0 Å². The molecule has 1 aliphatic rings. The molecular formula is C15H19N3O4. The van der Waals surface area contributed by atoms with Crippen molar-refractivity contribution in [1.29, 1.82) is 0 Å². The van der Waals surface area contributed by atoms with Gasteiger partial charge in [-0.05, 0) is 32.4 Å². The third-order valence-electron chi connectivity index (χ3n) is 4.19. The molecule has 22 heavy (non-hydrogen) atoms. The molecule has 1 aromatic carbocycles. The number of nitrogens with zero attached hydrogens (tertiary/aromatic N) is 3. The summed E-state index contributed by atoms with van der Waals surface area (Å²) in [6.45, 7) is 3.21. The van der Waals surface area contributed by atoms with Crippen LogP contribution in [0.4, 0.5) is 5.69 Å². The predicted molar refractivity (Wildman–Crippen MR) is 80.4 cm³/mol. The van der Waals surface area contributed by atoms with Crippen molar-refractivity contribution in [3.8, 4) is 0 Å². The van der Waals surface area contributed by atoms with Crippen molar-refractivity contribution in [2.24, 2.45) is 0 Å². The maximum absolute atomic E-state index is 10.8. The summed E-state index contributed by atoms with van der Waals surface area (Å²) < 4.78 is 5.68. The van der Waals surface area contributed by atoms with Gasteiger partial charge in [0.15, 0.2) is 5.58 Å². The smallest absolute Gasteiger partial charge is 0.271 e. The molecule has 0 spiro atoms. The summed E-state index contributed by atoms with van der Waals surface area (Å²) in [6.07, 6.45) is 2.77. The molecule has 7 nitrogen and oxygen atoms in total. The van der Waals surface area contributed by atoms with E-state index in [1.807, 2.05) is 0 Å². The molecule has 2 heterocycles. The summed E-state index contributed by atoms with van der Waals surface area (Å²) in [6, 6.07) is 4.52. The van der Waals surface area contributed by atoms with Crippen LogP contribution < -0.4 is 0 Å². The summed E-state index contributed by atoms with van der Waals surface area (Å²) in [7, 11) is 0. The molecule has 0 saturated carbocycles. The summed E-state index contributed by atoms with van der Waals surface area (Å²) in [5.41, 5.74) is 1.05. The summed E-state index contributed by atoms with van der Waals surface area (Å²) in [5.74, 6) is 0.531. The van der Waals surface area contributed by atoms with Gasteiger partial charge >= 0.3 is 0 Å². The van der Waals surface area contributed by atoms with Gasteiger partial charge in [-0.15, -0.1) is 0 Å². The van der Waals surface area contributed by atoms with Crippen LogP contribution in [0.15, 0.2) is 22.6 Å². The SMILES string of the molecule is CC(O)C1CCCCN1Cc1nc2cc([N+](=O)[O-])ccc2o1. The highest BCUT2D eigenvalue weighted by atomic mass is 16.6. The Morgan fingerprint density at radius 2 is 2.36 bits per heavy atom. The fourth-order valence-corrected chi connectivity index (χ4v) is 3.08. The van der Waals surface area contributed by atoms with Gasteiger partial charge in [-0.2, -0.15) is 0 Å². The minimum atomic E-state index is -0.443. The first-order valence-corrected chi connectivity index (χ1v) is 7.50. The number of aromatic nitrogens is 1. The molecule has 1 aromatic heterocycles. The second kappa shape index (κ2) is 6.02. The minimum absolute atomic E-state index is 0.00665. The number of rotatable bonds is 4. The van der Waals surface area contributed by atoms with Gasteiger partial charge in [0.05, 0.1) is 17.6 Å². The lowest BCUT2D eigenvalue weighted by atomic mass is 9.98. The Bertz CT molecular complexity index is 682. The average molecular weight is 305 g/mol. The van der Waals surface area contributed by atoms with Crippen LogP contribution in [0.25, 0.3) is 11.1 Å². The molecular weight excluding hydrogens is 286 g/mol. The minimum Gasteiger partial charge on any atom is -0.439 e. The van der Waals surface area contributed by atoms with E-state index in [9.17, 15) is 15.2 Å². The summed E-state index contributed by atoms with van der Waals surface area (Å²) in [4.78, 5) is 16.9. The highest BCUT2D eigenvalue weighted by Gasteiger charge is 2.27. The van der Waals surface area contributed by atoms with Crippen LogP contribution in [0.3, 0.4) is 0 Å². The lowest BCUT2D eigenvalue weighted by Gasteiger charge is -2.36. The van der Waals surface area contributed by atoms with Crippen LogP contribution >= 0.6 is 0 Å². The normalized spacial score (nSPS) is 21.1. The Morgan fingerprint density at radius 3 is 3.09 bits per heavy atom. The Balaban J connectivity index is 1.82. The topological polar surface area (TPSA) is 92.6 Å². The monoisotopic (exact) mass is 305 g/mol. The molecule has 1 fully saturated rings. The highest BCUT2D eigenvalue weighted by molar-refractivity contribution is 5.75. The molecule has 7 heteroatoms. The molecule has 0 radical (unpaired) electrons. The van der Waals surface area contributed by atoms with Gasteiger partial charge in [0.25, 0.3) is 5.69 Å². The van der Waals surface area contributed by atoms with Crippen molar-refractivity contribution in [1.82, 2.24) is 9.88 Å². The molecule has 0 amide bonds. The van der Waals surface area contributed by atoms with Gasteiger partial charge < -0.3 is 9.52 Å². The zero-order chi connectivity index (χ0) is 15.7. The maximum atomic E-state index is 10.8. The average Bonchev–Trinajstić information content (AvgIpc) is 2.88. The van der Waals surface area contributed by atoms with Crippen LogP contribution in [0.2, 0.25) is 0 Å². The lowest BCUT2D eigenvalue weighted by molar-refractivity contribution is -0.384. The van der Waals surface area contributed by atoms with E-state index < -0.39 is 11.0 Å². The molecule has 2 unspecified atom stereocenters. The van der Waals surface area contributed by atoms with Crippen molar-refractivity contribution in [3.05, 3.63) is 34.2 Å². The number of hydrogen-bond acceptors (Lipinski definition) is 6. The van der Waals surface area contributed by atoms with Gasteiger partial charge in [0, 0.05) is 18.2 Å². The quantitative estimate of drug-likeness (QED) is 0.689. The first-order valence-electron chi connectivity index (χ1n) is 7.50. The molecule has 0 bridgehead atoms. The largest absolute Gasteiger partial charge is 0.439 e. The number of benzene rings is 1. The number of fused-ring (bicyclic) bond motifs is 1. The number of nitro groups is 1. The van der Waals surface area contributed by atoms with E-state index in [-0.39, 0.29) is 11.7 Å². The van der Waals surface area contributed by atoms with E-state index in [0.717, 1.165) is 25.8 Å². The zero-order valence-corrected chi connectivity index (χ0v) is 12.4.